The molecule has 0 aromatic carbocycles. The van der Waals surface area contributed by atoms with Crippen LogP contribution in [-0.2, 0) is 6.54 Å². The van der Waals surface area contributed by atoms with Gasteiger partial charge in [0, 0.05) is 25.0 Å². The van der Waals surface area contributed by atoms with Gasteiger partial charge in [0.2, 0.25) is 0 Å². The monoisotopic (exact) mass is 237 g/mol. The molecule has 0 bridgehead atoms. The number of hydrogen-bond donors (Lipinski definition) is 2. The Morgan fingerprint density at radius 1 is 1.41 bits per heavy atom. The lowest BCUT2D eigenvalue weighted by atomic mass is 9.87. The van der Waals surface area contributed by atoms with E-state index in [2.05, 4.69) is 17.3 Å². The summed E-state index contributed by atoms with van der Waals surface area (Å²) >= 11 is 0. The van der Waals surface area contributed by atoms with Crippen molar-refractivity contribution in [3.05, 3.63) is 18.5 Å². The van der Waals surface area contributed by atoms with Gasteiger partial charge in [-0.15, -0.1) is 0 Å². The van der Waals surface area contributed by atoms with Crippen molar-refractivity contribution in [3.63, 3.8) is 0 Å². The van der Waals surface area contributed by atoms with Gasteiger partial charge in [-0.05, 0) is 37.7 Å². The fourth-order valence-electron chi connectivity index (χ4n) is 2.46. The van der Waals surface area contributed by atoms with Crippen LogP contribution in [0.15, 0.2) is 18.5 Å². The fraction of sp³-hybridized carbons (Fsp3) is 0.769. The first-order chi connectivity index (χ1) is 8.24. The maximum absolute atomic E-state index is 9.88. The van der Waals surface area contributed by atoms with Crippen molar-refractivity contribution in [2.45, 2.75) is 51.3 Å². The fourth-order valence-corrected chi connectivity index (χ4v) is 2.46. The third-order valence-electron chi connectivity index (χ3n) is 3.62. The van der Waals surface area contributed by atoms with Crippen LogP contribution in [-0.4, -0.2) is 33.6 Å². The molecule has 0 aliphatic heterocycles. The lowest BCUT2D eigenvalue weighted by molar-refractivity contribution is 0.138. The number of aliphatic hydroxyl groups is 1. The van der Waals surface area contributed by atoms with Gasteiger partial charge in [-0.2, -0.15) is 5.10 Å². The molecule has 17 heavy (non-hydrogen) atoms. The molecule has 1 aromatic rings. The molecular formula is C13H23N3O. The summed E-state index contributed by atoms with van der Waals surface area (Å²) in [6.45, 7) is 3.56. The first-order valence-electron chi connectivity index (χ1n) is 6.63. The largest absolute Gasteiger partial charge is 0.390 e. The van der Waals surface area contributed by atoms with Crippen LogP contribution in [0.25, 0.3) is 0 Å². The third kappa shape index (κ3) is 4.13. The number of hydrogen-bond acceptors (Lipinski definition) is 3. The quantitative estimate of drug-likeness (QED) is 0.814. The van der Waals surface area contributed by atoms with Gasteiger partial charge in [-0.1, -0.05) is 6.92 Å². The third-order valence-corrected chi connectivity index (χ3v) is 3.62. The summed E-state index contributed by atoms with van der Waals surface area (Å²) in [5.74, 6) is 0.877. The molecule has 2 N–H and O–H groups in total. The van der Waals surface area contributed by atoms with Crippen LogP contribution in [0.1, 0.15) is 32.6 Å². The SMILES string of the molecule is CC1CCC(NCC(O)Cn2cccn2)CC1. The molecule has 1 unspecified atom stereocenters. The smallest absolute Gasteiger partial charge is 0.0860 e. The summed E-state index contributed by atoms with van der Waals surface area (Å²) in [5.41, 5.74) is 0. The van der Waals surface area contributed by atoms with E-state index in [4.69, 9.17) is 0 Å². The molecule has 1 saturated carbocycles. The van der Waals surface area contributed by atoms with E-state index in [1.807, 2.05) is 12.3 Å². The molecule has 96 valence electrons. The van der Waals surface area contributed by atoms with Crippen molar-refractivity contribution in [1.82, 2.24) is 15.1 Å². The highest BCUT2D eigenvalue weighted by Gasteiger charge is 2.18. The summed E-state index contributed by atoms with van der Waals surface area (Å²) in [6.07, 6.45) is 8.38. The topological polar surface area (TPSA) is 50.1 Å². The van der Waals surface area contributed by atoms with Crippen LogP contribution in [0, 0.1) is 5.92 Å². The van der Waals surface area contributed by atoms with Gasteiger partial charge in [-0.3, -0.25) is 4.68 Å². The zero-order valence-electron chi connectivity index (χ0n) is 10.5. The summed E-state index contributed by atoms with van der Waals surface area (Å²) < 4.78 is 1.77. The minimum Gasteiger partial charge on any atom is -0.390 e. The first kappa shape index (κ1) is 12.6. The predicted molar refractivity (Wildman–Crippen MR) is 67.7 cm³/mol. The van der Waals surface area contributed by atoms with E-state index in [9.17, 15) is 5.11 Å². The number of aromatic nitrogens is 2. The Kier molecular flexibility index (Phi) is 4.57. The van der Waals surface area contributed by atoms with E-state index >= 15 is 0 Å². The number of nitrogens with zero attached hydrogens (tertiary/aromatic N) is 2. The van der Waals surface area contributed by atoms with E-state index in [0.29, 0.717) is 19.1 Å². The van der Waals surface area contributed by atoms with Crippen molar-refractivity contribution >= 4 is 0 Å². The summed E-state index contributed by atoms with van der Waals surface area (Å²) in [5, 5.41) is 17.4. The summed E-state index contributed by atoms with van der Waals surface area (Å²) in [6, 6.07) is 2.47. The lowest BCUT2D eigenvalue weighted by Crippen LogP contribution is -2.39. The van der Waals surface area contributed by atoms with Crippen LogP contribution < -0.4 is 5.32 Å². The second-order valence-electron chi connectivity index (χ2n) is 5.25. The van der Waals surface area contributed by atoms with Gasteiger partial charge in [0.25, 0.3) is 0 Å². The molecule has 1 fully saturated rings. The van der Waals surface area contributed by atoms with E-state index in [1.54, 1.807) is 10.9 Å². The second-order valence-corrected chi connectivity index (χ2v) is 5.25. The van der Waals surface area contributed by atoms with Crippen molar-refractivity contribution < 1.29 is 5.11 Å². The van der Waals surface area contributed by atoms with Crippen molar-refractivity contribution in [2.24, 2.45) is 5.92 Å². The predicted octanol–water partition coefficient (Wildman–Crippen LogP) is 1.41. The van der Waals surface area contributed by atoms with Crippen LogP contribution in [0.3, 0.4) is 0 Å². The lowest BCUT2D eigenvalue weighted by Gasteiger charge is -2.27. The minimum absolute atomic E-state index is 0.353. The molecule has 1 atom stereocenters. The van der Waals surface area contributed by atoms with Crippen molar-refractivity contribution in [1.29, 1.82) is 0 Å². The van der Waals surface area contributed by atoms with Gasteiger partial charge in [-0.25, -0.2) is 0 Å². The van der Waals surface area contributed by atoms with Gasteiger partial charge in [0.15, 0.2) is 0 Å². The molecule has 4 heteroatoms. The minimum atomic E-state index is -0.353. The van der Waals surface area contributed by atoms with E-state index in [1.165, 1.54) is 25.7 Å². The van der Waals surface area contributed by atoms with Crippen molar-refractivity contribution in [3.8, 4) is 0 Å². The Morgan fingerprint density at radius 2 is 2.18 bits per heavy atom. The highest BCUT2D eigenvalue weighted by molar-refractivity contribution is 4.80. The first-order valence-corrected chi connectivity index (χ1v) is 6.63. The zero-order chi connectivity index (χ0) is 12.1. The van der Waals surface area contributed by atoms with Gasteiger partial charge in [0.05, 0.1) is 12.6 Å². The Morgan fingerprint density at radius 3 is 2.82 bits per heavy atom. The molecular weight excluding hydrogens is 214 g/mol. The molecule has 2 rings (SSSR count). The summed E-state index contributed by atoms with van der Waals surface area (Å²) in [7, 11) is 0. The van der Waals surface area contributed by atoms with Gasteiger partial charge >= 0.3 is 0 Å². The van der Waals surface area contributed by atoms with Crippen LogP contribution >= 0.6 is 0 Å². The van der Waals surface area contributed by atoms with Crippen LogP contribution in [0.4, 0.5) is 0 Å². The highest BCUT2D eigenvalue weighted by Crippen LogP contribution is 2.23. The van der Waals surface area contributed by atoms with E-state index < -0.39 is 0 Å². The molecule has 0 amide bonds. The number of nitrogens with one attached hydrogen (secondary N) is 1. The Hall–Kier alpha value is -0.870. The molecule has 0 saturated heterocycles. The van der Waals surface area contributed by atoms with Crippen LogP contribution in [0.5, 0.6) is 0 Å². The average Bonchev–Trinajstić information content (AvgIpc) is 2.81. The second kappa shape index (κ2) is 6.17. The standard InChI is InChI=1S/C13H23N3O/c1-11-3-5-12(6-4-11)14-9-13(17)10-16-8-2-7-15-16/h2,7-8,11-14,17H,3-6,9-10H2,1H3. The molecule has 1 heterocycles. The number of aliphatic hydroxyl groups excluding tert-OH is 1. The Bertz CT molecular complexity index is 304. The maximum atomic E-state index is 9.88. The van der Waals surface area contributed by atoms with E-state index in [-0.39, 0.29) is 6.10 Å². The van der Waals surface area contributed by atoms with Gasteiger partial charge < -0.3 is 10.4 Å². The highest BCUT2D eigenvalue weighted by atomic mass is 16.3. The van der Waals surface area contributed by atoms with Crippen molar-refractivity contribution in [2.75, 3.05) is 6.54 Å². The van der Waals surface area contributed by atoms with E-state index in [0.717, 1.165) is 5.92 Å². The molecule has 1 aliphatic rings. The van der Waals surface area contributed by atoms with Gasteiger partial charge in [0.1, 0.15) is 0 Å². The molecule has 1 aromatic heterocycles. The molecule has 0 radical (unpaired) electrons. The average molecular weight is 237 g/mol. The number of rotatable bonds is 5. The summed E-state index contributed by atoms with van der Waals surface area (Å²) in [4.78, 5) is 0. The zero-order valence-corrected chi connectivity index (χ0v) is 10.5. The maximum Gasteiger partial charge on any atom is 0.0860 e. The Balaban J connectivity index is 1.64. The Labute approximate surface area is 103 Å². The molecule has 0 spiro atoms. The molecule has 4 nitrogen and oxygen atoms in total. The normalized spacial score (nSPS) is 26.9. The molecule has 1 aliphatic carbocycles. The van der Waals surface area contributed by atoms with Crippen LogP contribution in [0.2, 0.25) is 0 Å².